The molecule has 8 aromatic carbocycles. The molecule has 0 unspecified atom stereocenters. The summed E-state index contributed by atoms with van der Waals surface area (Å²) in [5.41, 5.74) is 13.3. The normalized spacial score (nSPS) is 11.5. The van der Waals surface area contributed by atoms with Gasteiger partial charge in [-0.2, -0.15) is 0 Å². The van der Waals surface area contributed by atoms with Gasteiger partial charge in [0.05, 0.1) is 5.69 Å². The molecule has 51 heavy (non-hydrogen) atoms. The Labute approximate surface area is 295 Å². The molecule has 0 amide bonds. The largest absolute Gasteiger partial charge is 0.455 e. The van der Waals surface area contributed by atoms with E-state index in [-0.39, 0.29) is 0 Å². The molecule has 0 aliphatic rings. The maximum Gasteiger partial charge on any atom is 0.160 e. The first-order chi connectivity index (χ1) is 25.3. The molecule has 0 saturated carbocycles. The first-order valence-electron chi connectivity index (χ1n) is 17.3. The highest BCUT2D eigenvalue weighted by atomic mass is 16.3. The van der Waals surface area contributed by atoms with Gasteiger partial charge in [0.25, 0.3) is 0 Å². The van der Waals surface area contributed by atoms with Crippen molar-refractivity contribution in [3.63, 3.8) is 0 Å². The zero-order valence-corrected chi connectivity index (χ0v) is 27.7. The third kappa shape index (κ3) is 4.90. The Morgan fingerprint density at radius 1 is 0.314 bits per heavy atom. The molecule has 3 nitrogen and oxygen atoms in total. The Balaban J connectivity index is 1.20. The molecule has 240 valence electrons. The number of furan rings is 2. The molecule has 0 N–H and O–H groups in total. The summed E-state index contributed by atoms with van der Waals surface area (Å²) in [4.78, 5) is 2.31. The second-order valence-electron chi connectivity index (χ2n) is 12.9. The van der Waals surface area contributed by atoms with Crippen LogP contribution in [0.25, 0.3) is 77.3 Å². The van der Waals surface area contributed by atoms with Crippen LogP contribution in [0.4, 0.5) is 17.1 Å². The molecular formula is C48H31NO2. The topological polar surface area (TPSA) is 29.5 Å². The van der Waals surface area contributed by atoms with Crippen molar-refractivity contribution in [2.24, 2.45) is 0 Å². The van der Waals surface area contributed by atoms with E-state index in [9.17, 15) is 0 Å². The predicted octanol–water partition coefficient (Wildman–Crippen LogP) is 14.0. The quantitative estimate of drug-likeness (QED) is 0.179. The maximum atomic E-state index is 6.85. The summed E-state index contributed by atoms with van der Waals surface area (Å²) in [5.74, 6) is 0. The highest BCUT2D eigenvalue weighted by Gasteiger charge is 2.24. The summed E-state index contributed by atoms with van der Waals surface area (Å²) in [6, 6.07) is 66.0. The number of hydrogen-bond donors (Lipinski definition) is 0. The molecule has 0 radical (unpaired) electrons. The number of benzene rings is 8. The van der Waals surface area contributed by atoms with E-state index < -0.39 is 0 Å². The number of anilines is 3. The van der Waals surface area contributed by atoms with Crippen molar-refractivity contribution in [2.75, 3.05) is 4.90 Å². The molecule has 0 atom stereocenters. The Hall–Kier alpha value is -6.84. The van der Waals surface area contributed by atoms with Gasteiger partial charge in [-0.05, 0) is 70.3 Å². The van der Waals surface area contributed by atoms with E-state index in [1.807, 2.05) is 18.2 Å². The van der Waals surface area contributed by atoms with Crippen LogP contribution in [0.3, 0.4) is 0 Å². The fraction of sp³-hybridized carbons (Fsp3) is 0. The lowest BCUT2D eigenvalue weighted by atomic mass is 9.96. The first-order valence-corrected chi connectivity index (χ1v) is 17.3. The van der Waals surface area contributed by atoms with E-state index in [2.05, 4.69) is 175 Å². The molecule has 2 heterocycles. The predicted molar refractivity (Wildman–Crippen MR) is 212 cm³/mol. The van der Waals surface area contributed by atoms with Crippen LogP contribution >= 0.6 is 0 Å². The van der Waals surface area contributed by atoms with Crippen LogP contribution in [-0.4, -0.2) is 0 Å². The average Bonchev–Trinajstić information content (AvgIpc) is 3.79. The summed E-state index contributed by atoms with van der Waals surface area (Å²) >= 11 is 0. The minimum absolute atomic E-state index is 0.820. The van der Waals surface area contributed by atoms with Gasteiger partial charge in [-0.15, -0.1) is 0 Å². The van der Waals surface area contributed by atoms with Gasteiger partial charge >= 0.3 is 0 Å². The number of para-hydroxylation sites is 3. The molecule has 10 rings (SSSR count). The maximum absolute atomic E-state index is 6.85. The Kier molecular flexibility index (Phi) is 6.81. The molecular weight excluding hydrogens is 623 g/mol. The molecule has 0 spiro atoms. The molecule has 0 aliphatic heterocycles. The third-order valence-corrected chi connectivity index (χ3v) is 9.91. The highest BCUT2D eigenvalue weighted by molar-refractivity contribution is 6.20. The van der Waals surface area contributed by atoms with E-state index in [0.717, 1.165) is 72.1 Å². The number of nitrogens with zero attached hydrogens (tertiary/aromatic N) is 1. The summed E-state index contributed by atoms with van der Waals surface area (Å²) in [5, 5.41) is 4.34. The van der Waals surface area contributed by atoms with E-state index in [1.165, 1.54) is 22.3 Å². The standard InChI is InChI=1S/C48H31NO2/c1-3-12-32(13-4-1)34-22-26-36(27-23-34)49(37-28-24-35(25-29-37)33-14-5-2-6-15-33)43-31-30-39(46-42-17-8-10-21-45(42)51-48(43)46)41-19-11-18-40-38-16-7-9-20-44(38)50-47(40)41/h1-31H. The minimum Gasteiger partial charge on any atom is -0.455 e. The van der Waals surface area contributed by atoms with Crippen molar-refractivity contribution < 1.29 is 8.83 Å². The number of fused-ring (bicyclic) bond motifs is 6. The first kappa shape index (κ1) is 29.1. The van der Waals surface area contributed by atoms with Gasteiger partial charge in [0.1, 0.15) is 16.7 Å². The fourth-order valence-corrected chi connectivity index (χ4v) is 7.47. The van der Waals surface area contributed by atoms with E-state index in [4.69, 9.17) is 8.83 Å². The second-order valence-corrected chi connectivity index (χ2v) is 12.9. The van der Waals surface area contributed by atoms with Gasteiger partial charge in [0.15, 0.2) is 5.58 Å². The van der Waals surface area contributed by atoms with E-state index >= 15 is 0 Å². The van der Waals surface area contributed by atoms with Gasteiger partial charge in [-0.3, -0.25) is 0 Å². The third-order valence-electron chi connectivity index (χ3n) is 9.91. The number of rotatable bonds is 6. The zero-order chi connectivity index (χ0) is 33.7. The van der Waals surface area contributed by atoms with Gasteiger partial charge in [0, 0.05) is 38.5 Å². The van der Waals surface area contributed by atoms with Crippen LogP contribution in [0.5, 0.6) is 0 Å². The molecule has 10 aromatic rings. The lowest BCUT2D eigenvalue weighted by Crippen LogP contribution is -2.10. The molecule has 0 bridgehead atoms. The van der Waals surface area contributed by atoms with Crippen LogP contribution in [0.1, 0.15) is 0 Å². The van der Waals surface area contributed by atoms with Crippen molar-refractivity contribution in [3.8, 4) is 33.4 Å². The van der Waals surface area contributed by atoms with Crippen molar-refractivity contribution in [1.82, 2.24) is 0 Å². The lowest BCUT2D eigenvalue weighted by molar-refractivity contribution is 0.669. The van der Waals surface area contributed by atoms with E-state index in [0.29, 0.717) is 0 Å². The van der Waals surface area contributed by atoms with Gasteiger partial charge in [0.2, 0.25) is 0 Å². The van der Waals surface area contributed by atoms with Gasteiger partial charge < -0.3 is 13.7 Å². The second kappa shape index (κ2) is 11.9. The van der Waals surface area contributed by atoms with E-state index in [1.54, 1.807) is 0 Å². The smallest absolute Gasteiger partial charge is 0.160 e. The molecule has 0 saturated heterocycles. The summed E-state index contributed by atoms with van der Waals surface area (Å²) in [7, 11) is 0. The van der Waals surface area contributed by atoms with Crippen LogP contribution in [0.2, 0.25) is 0 Å². The SMILES string of the molecule is c1ccc(-c2ccc(N(c3ccc(-c4ccccc4)cc3)c3ccc(-c4cccc5c4oc4ccccc45)c4c3oc3ccccc34)cc2)cc1. The Morgan fingerprint density at radius 2 is 0.804 bits per heavy atom. The van der Waals surface area contributed by atoms with Crippen molar-refractivity contribution in [3.05, 3.63) is 188 Å². The lowest BCUT2D eigenvalue weighted by Gasteiger charge is -2.26. The highest BCUT2D eigenvalue weighted by Crippen LogP contribution is 2.47. The summed E-state index contributed by atoms with van der Waals surface area (Å²) in [6.45, 7) is 0. The zero-order valence-electron chi connectivity index (χ0n) is 27.7. The average molecular weight is 654 g/mol. The van der Waals surface area contributed by atoms with Crippen LogP contribution < -0.4 is 4.90 Å². The van der Waals surface area contributed by atoms with Gasteiger partial charge in [-0.1, -0.05) is 146 Å². The molecule has 0 aliphatic carbocycles. The molecule has 0 fully saturated rings. The van der Waals surface area contributed by atoms with Crippen molar-refractivity contribution in [2.45, 2.75) is 0 Å². The monoisotopic (exact) mass is 653 g/mol. The van der Waals surface area contributed by atoms with Crippen molar-refractivity contribution in [1.29, 1.82) is 0 Å². The Morgan fingerprint density at radius 3 is 1.43 bits per heavy atom. The van der Waals surface area contributed by atoms with Crippen LogP contribution in [0.15, 0.2) is 197 Å². The van der Waals surface area contributed by atoms with Crippen molar-refractivity contribution >= 4 is 60.9 Å². The summed E-state index contributed by atoms with van der Waals surface area (Å²) < 4.78 is 13.4. The summed E-state index contributed by atoms with van der Waals surface area (Å²) in [6.07, 6.45) is 0. The fourth-order valence-electron chi connectivity index (χ4n) is 7.47. The van der Waals surface area contributed by atoms with Crippen LogP contribution in [-0.2, 0) is 0 Å². The Bertz CT molecular complexity index is 2750. The minimum atomic E-state index is 0.820. The van der Waals surface area contributed by atoms with Gasteiger partial charge in [-0.25, -0.2) is 0 Å². The molecule has 3 heteroatoms. The van der Waals surface area contributed by atoms with Crippen LogP contribution in [0, 0.1) is 0 Å². The molecule has 2 aromatic heterocycles. The number of hydrogen-bond acceptors (Lipinski definition) is 3.